The van der Waals surface area contributed by atoms with E-state index in [1.807, 2.05) is 47.4 Å². The Labute approximate surface area is 152 Å². The summed E-state index contributed by atoms with van der Waals surface area (Å²) in [6.07, 6.45) is 5.21. The van der Waals surface area contributed by atoms with Crippen molar-refractivity contribution >= 4 is 5.91 Å². The molecular formula is C20H20N4O2. The molecule has 1 amide bonds. The summed E-state index contributed by atoms with van der Waals surface area (Å²) in [4.78, 5) is 15.1. The summed E-state index contributed by atoms with van der Waals surface area (Å²) >= 11 is 0. The van der Waals surface area contributed by atoms with E-state index in [0.29, 0.717) is 5.56 Å². The molecule has 0 bridgehead atoms. The maximum absolute atomic E-state index is 13.2. The Balaban J connectivity index is 1.62. The Morgan fingerprint density at radius 2 is 1.92 bits per heavy atom. The second-order valence-corrected chi connectivity index (χ2v) is 6.35. The van der Waals surface area contributed by atoms with Crippen LogP contribution in [0.1, 0.15) is 34.8 Å². The van der Waals surface area contributed by atoms with Crippen molar-refractivity contribution < 1.29 is 9.53 Å². The summed E-state index contributed by atoms with van der Waals surface area (Å²) in [5, 5.41) is 7.65. The third-order valence-corrected chi connectivity index (χ3v) is 4.80. The zero-order chi connectivity index (χ0) is 17.9. The highest BCUT2D eigenvalue weighted by molar-refractivity contribution is 5.95. The predicted octanol–water partition coefficient (Wildman–Crippen LogP) is 3.25. The fourth-order valence-electron chi connectivity index (χ4n) is 3.50. The molecule has 2 heterocycles. The van der Waals surface area contributed by atoms with E-state index < -0.39 is 0 Å². The summed E-state index contributed by atoms with van der Waals surface area (Å²) in [5.41, 5.74) is 2.66. The van der Waals surface area contributed by atoms with Gasteiger partial charge in [0, 0.05) is 17.8 Å². The molecule has 1 fully saturated rings. The van der Waals surface area contributed by atoms with Crippen LogP contribution in [0, 0.1) is 0 Å². The van der Waals surface area contributed by atoms with Crippen molar-refractivity contribution in [3.8, 4) is 11.4 Å². The van der Waals surface area contributed by atoms with Crippen molar-refractivity contribution in [2.24, 2.45) is 0 Å². The number of amides is 1. The summed E-state index contributed by atoms with van der Waals surface area (Å²) < 4.78 is 7.13. The van der Waals surface area contributed by atoms with Gasteiger partial charge < -0.3 is 9.64 Å². The number of methoxy groups -OCH3 is 1. The standard InChI is InChI=1S/C20H20N4O2/c1-26-18-8-3-5-15(12-18)19-9-4-10-24(19)20(25)16-6-2-7-17(11-16)23-13-21-22-14-23/h2-3,5-8,11-14,19H,4,9-10H2,1H3/t19-/m1/s1. The molecule has 4 rings (SSSR count). The Hall–Kier alpha value is -3.15. The average Bonchev–Trinajstić information content (AvgIpc) is 3.39. The predicted molar refractivity (Wildman–Crippen MR) is 97.4 cm³/mol. The molecule has 0 aliphatic carbocycles. The van der Waals surface area contributed by atoms with Crippen LogP contribution in [0.5, 0.6) is 5.75 Å². The van der Waals surface area contributed by atoms with Gasteiger partial charge in [-0.1, -0.05) is 18.2 Å². The lowest BCUT2D eigenvalue weighted by Gasteiger charge is -2.25. The van der Waals surface area contributed by atoms with Gasteiger partial charge in [0.15, 0.2) is 0 Å². The van der Waals surface area contributed by atoms with Gasteiger partial charge in [0.2, 0.25) is 0 Å². The molecule has 132 valence electrons. The van der Waals surface area contributed by atoms with Crippen molar-refractivity contribution in [2.45, 2.75) is 18.9 Å². The maximum Gasteiger partial charge on any atom is 0.254 e. The van der Waals surface area contributed by atoms with Crippen LogP contribution >= 0.6 is 0 Å². The third kappa shape index (κ3) is 3.06. The normalized spacial score (nSPS) is 16.7. The zero-order valence-electron chi connectivity index (χ0n) is 14.6. The quantitative estimate of drug-likeness (QED) is 0.726. The van der Waals surface area contributed by atoms with Gasteiger partial charge in [-0.2, -0.15) is 0 Å². The largest absolute Gasteiger partial charge is 0.497 e. The molecular weight excluding hydrogens is 328 g/mol. The van der Waals surface area contributed by atoms with Crippen LogP contribution in [0.4, 0.5) is 0 Å². The van der Waals surface area contributed by atoms with Gasteiger partial charge in [0.25, 0.3) is 5.91 Å². The average molecular weight is 348 g/mol. The lowest BCUT2D eigenvalue weighted by atomic mass is 10.0. The first-order valence-electron chi connectivity index (χ1n) is 8.66. The first-order chi connectivity index (χ1) is 12.8. The Morgan fingerprint density at radius 3 is 2.73 bits per heavy atom. The van der Waals surface area contributed by atoms with E-state index in [4.69, 9.17) is 4.74 Å². The molecule has 6 heteroatoms. The van der Waals surface area contributed by atoms with E-state index >= 15 is 0 Å². The van der Waals surface area contributed by atoms with Gasteiger partial charge in [-0.05, 0) is 48.7 Å². The van der Waals surface area contributed by atoms with Crippen LogP contribution in [-0.2, 0) is 0 Å². The van der Waals surface area contributed by atoms with Crippen molar-refractivity contribution in [1.82, 2.24) is 19.7 Å². The van der Waals surface area contributed by atoms with Crippen LogP contribution in [0.25, 0.3) is 5.69 Å². The topological polar surface area (TPSA) is 60.2 Å². The minimum absolute atomic E-state index is 0.0465. The SMILES string of the molecule is COc1cccc([C@H]2CCCN2C(=O)c2cccc(-n3cnnc3)c2)c1. The van der Waals surface area contributed by atoms with Crippen LogP contribution in [0.3, 0.4) is 0 Å². The fraction of sp³-hybridized carbons (Fsp3) is 0.250. The van der Waals surface area contributed by atoms with Gasteiger partial charge in [-0.3, -0.25) is 9.36 Å². The molecule has 1 atom stereocenters. The number of aromatic nitrogens is 3. The fourth-order valence-corrected chi connectivity index (χ4v) is 3.50. The van der Waals surface area contributed by atoms with Gasteiger partial charge >= 0.3 is 0 Å². The summed E-state index contributed by atoms with van der Waals surface area (Å²) in [6.45, 7) is 0.761. The number of hydrogen-bond acceptors (Lipinski definition) is 4. The summed E-state index contributed by atoms with van der Waals surface area (Å²) in [7, 11) is 1.66. The molecule has 2 aromatic carbocycles. The first kappa shape index (κ1) is 16.3. The smallest absolute Gasteiger partial charge is 0.254 e. The Morgan fingerprint density at radius 1 is 1.12 bits per heavy atom. The first-order valence-corrected chi connectivity index (χ1v) is 8.66. The Bertz CT molecular complexity index is 908. The second-order valence-electron chi connectivity index (χ2n) is 6.35. The third-order valence-electron chi connectivity index (χ3n) is 4.80. The number of benzene rings is 2. The van der Waals surface area contributed by atoms with Crippen molar-refractivity contribution in [1.29, 1.82) is 0 Å². The molecule has 1 aliphatic rings. The van der Waals surface area contributed by atoms with Crippen molar-refractivity contribution in [3.05, 3.63) is 72.3 Å². The molecule has 0 radical (unpaired) electrons. The van der Waals surface area contributed by atoms with Crippen molar-refractivity contribution in [3.63, 3.8) is 0 Å². The molecule has 0 unspecified atom stereocenters. The maximum atomic E-state index is 13.2. The van der Waals surface area contributed by atoms with Gasteiger partial charge in [0.1, 0.15) is 18.4 Å². The van der Waals surface area contributed by atoms with E-state index in [0.717, 1.165) is 36.4 Å². The number of hydrogen-bond donors (Lipinski definition) is 0. The van der Waals surface area contributed by atoms with Crippen molar-refractivity contribution in [2.75, 3.05) is 13.7 Å². The molecule has 0 saturated carbocycles. The summed E-state index contributed by atoms with van der Waals surface area (Å²) in [6, 6.07) is 15.6. The van der Waals surface area contributed by atoms with E-state index in [1.54, 1.807) is 24.3 Å². The molecule has 3 aromatic rings. The highest BCUT2D eigenvalue weighted by Crippen LogP contribution is 2.34. The van der Waals surface area contributed by atoms with Gasteiger partial charge in [0.05, 0.1) is 13.2 Å². The number of rotatable bonds is 4. The van der Waals surface area contributed by atoms with Crippen LogP contribution in [0.2, 0.25) is 0 Å². The summed E-state index contributed by atoms with van der Waals surface area (Å²) in [5.74, 6) is 0.863. The minimum atomic E-state index is 0.0465. The minimum Gasteiger partial charge on any atom is -0.497 e. The molecule has 1 aromatic heterocycles. The molecule has 6 nitrogen and oxygen atoms in total. The van der Waals surface area contributed by atoms with E-state index in [9.17, 15) is 4.79 Å². The highest BCUT2D eigenvalue weighted by atomic mass is 16.5. The zero-order valence-corrected chi connectivity index (χ0v) is 14.6. The number of ether oxygens (including phenoxy) is 1. The lowest BCUT2D eigenvalue weighted by molar-refractivity contribution is 0.0735. The van der Waals surface area contributed by atoms with Gasteiger partial charge in [-0.15, -0.1) is 10.2 Å². The number of carbonyl (C=O) groups excluding carboxylic acids is 1. The highest BCUT2D eigenvalue weighted by Gasteiger charge is 2.30. The molecule has 0 spiro atoms. The van der Waals surface area contributed by atoms with E-state index in [1.165, 1.54) is 0 Å². The molecule has 0 N–H and O–H groups in total. The second kappa shape index (κ2) is 7.00. The van der Waals surface area contributed by atoms with Crippen LogP contribution in [-0.4, -0.2) is 39.2 Å². The van der Waals surface area contributed by atoms with Gasteiger partial charge in [-0.25, -0.2) is 0 Å². The Kier molecular flexibility index (Phi) is 4.39. The van der Waals surface area contributed by atoms with E-state index in [-0.39, 0.29) is 11.9 Å². The molecule has 26 heavy (non-hydrogen) atoms. The van der Waals surface area contributed by atoms with E-state index in [2.05, 4.69) is 16.3 Å². The number of carbonyl (C=O) groups is 1. The molecule has 1 aliphatic heterocycles. The van der Waals surface area contributed by atoms with Crippen LogP contribution < -0.4 is 4.74 Å². The molecule has 1 saturated heterocycles. The number of likely N-dealkylation sites (tertiary alicyclic amines) is 1. The number of nitrogens with zero attached hydrogens (tertiary/aromatic N) is 4. The lowest BCUT2D eigenvalue weighted by Crippen LogP contribution is -2.30. The monoisotopic (exact) mass is 348 g/mol. The van der Waals surface area contributed by atoms with Crippen LogP contribution in [0.15, 0.2) is 61.2 Å².